The predicted molar refractivity (Wildman–Crippen MR) is 90.9 cm³/mol. The molecule has 6 heteroatoms. The fourth-order valence-electron chi connectivity index (χ4n) is 2.10. The van der Waals surface area contributed by atoms with Crippen LogP contribution in [0.4, 0.5) is 0 Å². The minimum Gasteiger partial charge on any atom is -0.278 e. The standard InChI is InChI=1S/C14H10Cl2IN3/c1-8-2-4-11-14(18-8)20(13(7-15)19-11)12-5-3-9(17)6-10(12)16/h2-6H,7H2,1H3. The Morgan fingerprint density at radius 2 is 2.00 bits per heavy atom. The number of aromatic nitrogens is 3. The number of aryl methyl sites for hydroxylation is 1. The van der Waals surface area contributed by atoms with Crippen molar-refractivity contribution in [2.75, 3.05) is 0 Å². The van der Waals surface area contributed by atoms with Crippen molar-refractivity contribution in [2.45, 2.75) is 12.8 Å². The first-order valence-electron chi connectivity index (χ1n) is 5.96. The SMILES string of the molecule is Cc1ccc2nc(CCl)n(-c3ccc(I)cc3Cl)c2n1. The summed E-state index contributed by atoms with van der Waals surface area (Å²) in [5.74, 6) is 1.04. The van der Waals surface area contributed by atoms with E-state index in [2.05, 4.69) is 32.6 Å². The maximum atomic E-state index is 6.37. The number of halogens is 3. The maximum absolute atomic E-state index is 6.37. The molecule has 0 bridgehead atoms. The van der Waals surface area contributed by atoms with Crippen molar-refractivity contribution in [3.63, 3.8) is 0 Å². The van der Waals surface area contributed by atoms with Gasteiger partial charge in [0.05, 0.1) is 16.6 Å². The zero-order valence-electron chi connectivity index (χ0n) is 10.6. The lowest BCUT2D eigenvalue weighted by molar-refractivity contribution is 0.966. The highest BCUT2D eigenvalue weighted by molar-refractivity contribution is 14.1. The number of alkyl halides is 1. The number of fused-ring (bicyclic) bond motifs is 1. The average molecular weight is 418 g/mol. The first-order valence-corrected chi connectivity index (χ1v) is 7.95. The Morgan fingerprint density at radius 3 is 2.70 bits per heavy atom. The van der Waals surface area contributed by atoms with Crippen LogP contribution in [0.15, 0.2) is 30.3 Å². The van der Waals surface area contributed by atoms with E-state index in [9.17, 15) is 0 Å². The van der Waals surface area contributed by atoms with E-state index in [-0.39, 0.29) is 0 Å². The number of benzene rings is 1. The Morgan fingerprint density at radius 1 is 1.20 bits per heavy atom. The van der Waals surface area contributed by atoms with Gasteiger partial charge in [0.15, 0.2) is 5.65 Å². The lowest BCUT2D eigenvalue weighted by Gasteiger charge is -2.09. The van der Waals surface area contributed by atoms with E-state index < -0.39 is 0 Å². The summed E-state index contributed by atoms with van der Waals surface area (Å²) in [6.07, 6.45) is 0. The van der Waals surface area contributed by atoms with Gasteiger partial charge in [-0.1, -0.05) is 11.6 Å². The van der Waals surface area contributed by atoms with Crippen LogP contribution in [-0.2, 0) is 5.88 Å². The van der Waals surface area contributed by atoms with Gasteiger partial charge in [0.1, 0.15) is 11.3 Å². The molecular formula is C14H10Cl2IN3. The summed E-state index contributed by atoms with van der Waals surface area (Å²) < 4.78 is 3.01. The molecule has 0 aliphatic carbocycles. The summed E-state index contributed by atoms with van der Waals surface area (Å²) in [5, 5.41) is 0.658. The molecule has 0 unspecified atom stereocenters. The van der Waals surface area contributed by atoms with Crippen molar-refractivity contribution < 1.29 is 0 Å². The van der Waals surface area contributed by atoms with Crippen LogP contribution in [0.5, 0.6) is 0 Å². The smallest absolute Gasteiger partial charge is 0.165 e. The molecule has 3 rings (SSSR count). The highest BCUT2D eigenvalue weighted by Crippen LogP contribution is 2.28. The minimum absolute atomic E-state index is 0.303. The Hall–Kier alpha value is -0.850. The first-order chi connectivity index (χ1) is 9.60. The van der Waals surface area contributed by atoms with E-state index in [1.165, 1.54) is 0 Å². The summed E-state index contributed by atoms with van der Waals surface area (Å²) in [4.78, 5) is 9.09. The van der Waals surface area contributed by atoms with Gasteiger partial charge >= 0.3 is 0 Å². The van der Waals surface area contributed by atoms with Crippen molar-refractivity contribution in [3.05, 3.63) is 50.4 Å². The predicted octanol–water partition coefficient (Wildman–Crippen LogP) is 4.73. The van der Waals surface area contributed by atoms with E-state index in [0.29, 0.717) is 10.9 Å². The van der Waals surface area contributed by atoms with Crippen LogP contribution in [0.25, 0.3) is 16.9 Å². The first kappa shape index (κ1) is 14.1. The molecule has 0 spiro atoms. The molecule has 0 atom stereocenters. The average Bonchev–Trinajstić information content (AvgIpc) is 2.76. The molecule has 0 N–H and O–H groups in total. The normalized spacial score (nSPS) is 11.2. The number of rotatable bonds is 2. The van der Waals surface area contributed by atoms with Crippen molar-refractivity contribution in [1.29, 1.82) is 0 Å². The van der Waals surface area contributed by atoms with Crippen molar-refractivity contribution >= 4 is 57.0 Å². The van der Waals surface area contributed by atoms with Gasteiger partial charge in [-0.05, 0) is 59.8 Å². The molecule has 0 aliphatic rings. The number of nitrogens with zero attached hydrogens (tertiary/aromatic N) is 3. The number of hydrogen-bond acceptors (Lipinski definition) is 2. The highest BCUT2D eigenvalue weighted by Gasteiger charge is 2.15. The Labute approximate surface area is 140 Å². The molecule has 3 aromatic rings. The second-order valence-electron chi connectivity index (χ2n) is 4.39. The van der Waals surface area contributed by atoms with Gasteiger partial charge in [-0.25, -0.2) is 9.97 Å². The molecule has 3 nitrogen and oxygen atoms in total. The fraction of sp³-hybridized carbons (Fsp3) is 0.143. The van der Waals surface area contributed by atoms with Crippen LogP contribution in [0.2, 0.25) is 5.02 Å². The van der Waals surface area contributed by atoms with Crippen LogP contribution in [0.3, 0.4) is 0 Å². The van der Waals surface area contributed by atoms with E-state index in [0.717, 1.165) is 31.9 Å². The van der Waals surface area contributed by atoms with Crippen molar-refractivity contribution in [2.24, 2.45) is 0 Å². The lowest BCUT2D eigenvalue weighted by atomic mass is 10.3. The third kappa shape index (κ3) is 2.40. The third-order valence-corrected chi connectivity index (χ3v) is 4.20. The maximum Gasteiger partial charge on any atom is 0.165 e. The van der Waals surface area contributed by atoms with Crippen LogP contribution >= 0.6 is 45.8 Å². The molecule has 0 radical (unpaired) electrons. The van der Waals surface area contributed by atoms with E-state index in [1.54, 1.807) is 0 Å². The molecule has 1 aromatic carbocycles. The zero-order chi connectivity index (χ0) is 14.3. The largest absolute Gasteiger partial charge is 0.278 e. The fourth-order valence-corrected chi connectivity index (χ4v) is 3.22. The van der Waals surface area contributed by atoms with Crippen LogP contribution in [0.1, 0.15) is 11.5 Å². The van der Waals surface area contributed by atoms with Gasteiger partial charge in [0.25, 0.3) is 0 Å². The minimum atomic E-state index is 0.303. The van der Waals surface area contributed by atoms with Gasteiger partial charge in [-0.3, -0.25) is 4.57 Å². The number of pyridine rings is 1. The Kier molecular flexibility index (Phi) is 3.88. The summed E-state index contributed by atoms with van der Waals surface area (Å²) in [5.41, 5.74) is 3.38. The highest BCUT2D eigenvalue weighted by atomic mass is 127. The molecule has 102 valence electrons. The Bertz CT molecular complexity index is 798. The van der Waals surface area contributed by atoms with Crippen LogP contribution in [0, 0.1) is 10.5 Å². The Balaban J connectivity index is 2.36. The van der Waals surface area contributed by atoms with Gasteiger partial charge in [-0.15, -0.1) is 11.6 Å². The van der Waals surface area contributed by atoms with E-state index >= 15 is 0 Å². The number of hydrogen-bond donors (Lipinski definition) is 0. The lowest BCUT2D eigenvalue weighted by Crippen LogP contribution is -2.01. The van der Waals surface area contributed by atoms with Crippen molar-refractivity contribution in [3.8, 4) is 5.69 Å². The van der Waals surface area contributed by atoms with Crippen molar-refractivity contribution in [1.82, 2.24) is 14.5 Å². The molecule has 0 saturated heterocycles. The summed E-state index contributed by atoms with van der Waals surface area (Å²) in [6, 6.07) is 9.77. The molecule has 0 aliphatic heterocycles. The quantitative estimate of drug-likeness (QED) is 0.446. The molecule has 20 heavy (non-hydrogen) atoms. The monoisotopic (exact) mass is 417 g/mol. The number of imidazole rings is 1. The van der Waals surface area contributed by atoms with Gasteiger partial charge in [0.2, 0.25) is 0 Å². The third-order valence-electron chi connectivity index (χ3n) is 2.98. The van der Waals surface area contributed by atoms with E-state index in [1.807, 2.05) is 41.8 Å². The molecule has 0 amide bonds. The summed E-state index contributed by atoms with van der Waals surface area (Å²) in [7, 11) is 0. The summed E-state index contributed by atoms with van der Waals surface area (Å²) >= 11 is 14.6. The molecule has 2 heterocycles. The van der Waals surface area contributed by atoms with E-state index in [4.69, 9.17) is 23.2 Å². The van der Waals surface area contributed by atoms with Gasteiger partial charge < -0.3 is 0 Å². The van der Waals surface area contributed by atoms with Crippen LogP contribution in [-0.4, -0.2) is 14.5 Å². The second-order valence-corrected chi connectivity index (χ2v) is 6.31. The summed E-state index contributed by atoms with van der Waals surface area (Å²) in [6.45, 7) is 1.95. The molecular weight excluding hydrogens is 408 g/mol. The molecule has 0 saturated carbocycles. The zero-order valence-corrected chi connectivity index (χ0v) is 14.2. The molecule has 0 fully saturated rings. The van der Waals surface area contributed by atoms with Crippen LogP contribution < -0.4 is 0 Å². The van der Waals surface area contributed by atoms with Gasteiger partial charge in [-0.2, -0.15) is 0 Å². The topological polar surface area (TPSA) is 30.7 Å². The second kappa shape index (κ2) is 5.50. The van der Waals surface area contributed by atoms with Gasteiger partial charge in [0, 0.05) is 9.26 Å². The molecule has 2 aromatic heterocycles.